The summed E-state index contributed by atoms with van der Waals surface area (Å²) in [6.07, 6.45) is 1.87. The van der Waals surface area contributed by atoms with Gasteiger partial charge in [0.15, 0.2) is 5.65 Å². The number of nitrogens with one attached hydrogen (secondary N) is 1. The highest BCUT2D eigenvalue weighted by molar-refractivity contribution is 9.10. The van der Waals surface area contributed by atoms with Gasteiger partial charge in [-0.2, -0.15) is 4.98 Å². The van der Waals surface area contributed by atoms with Crippen molar-refractivity contribution in [3.05, 3.63) is 35.0 Å². The summed E-state index contributed by atoms with van der Waals surface area (Å²) in [5.41, 5.74) is 1.87. The molecule has 2 heterocycles. The minimum Gasteiger partial charge on any atom is -0.349 e. The normalized spacial score (nSPS) is 10.5. The highest BCUT2D eigenvalue weighted by Crippen LogP contribution is 2.12. The molecule has 0 bridgehead atoms. The molecule has 0 saturated carbocycles. The summed E-state index contributed by atoms with van der Waals surface area (Å²) in [6.45, 7) is 6.46. The first kappa shape index (κ1) is 10.2. The highest BCUT2D eigenvalue weighted by atomic mass is 79.9. The summed E-state index contributed by atoms with van der Waals surface area (Å²) >= 11 is 3.38. The first-order valence-corrected chi connectivity index (χ1v) is 5.34. The van der Waals surface area contributed by atoms with E-state index in [1.54, 1.807) is 4.52 Å². The van der Waals surface area contributed by atoms with Crippen molar-refractivity contribution in [1.82, 2.24) is 14.6 Å². The molecule has 0 saturated heterocycles. The third kappa shape index (κ3) is 2.36. The van der Waals surface area contributed by atoms with Crippen molar-refractivity contribution >= 4 is 27.5 Å². The van der Waals surface area contributed by atoms with E-state index in [0.29, 0.717) is 12.5 Å². The predicted molar refractivity (Wildman–Crippen MR) is 64.0 cm³/mol. The Labute approximate surface area is 96.1 Å². The Morgan fingerprint density at radius 1 is 1.60 bits per heavy atom. The average Bonchev–Trinajstić information content (AvgIpc) is 2.56. The molecule has 2 rings (SSSR count). The summed E-state index contributed by atoms with van der Waals surface area (Å²) < 4.78 is 2.71. The number of anilines is 1. The van der Waals surface area contributed by atoms with Gasteiger partial charge >= 0.3 is 0 Å². The lowest BCUT2D eigenvalue weighted by atomic mass is 10.3. The lowest BCUT2D eigenvalue weighted by molar-refractivity contribution is 0.952. The molecular formula is C10H11BrN4. The van der Waals surface area contributed by atoms with Crippen LogP contribution >= 0.6 is 15.9 Å². The summed E-state index contributed by atoms with van der Waals surface area (Å²) in [7, 11) is 0. The molecule has 0 aromatic carbocycles. The van der Waals surface area contributed by atoms with Crippen molar-refractivity contribution in [2.24, 2.45) is 0 Å². The van der Waals surface area contributed by atoms with E-state index >= 15 is 0 Å². The van der Waals surface area contributed by atoms with Crippen LogP contribution in [0.1, 0.15) is 6.92 Å². The Morgan fingerprint density at radius 3 is 3.13 bits per heavy atom. The second-order valence-corrected chi connectivity index (χ2v) is 4.31. The zero-order chi connectivity index (χ0) is 10.8. The zero-order valence-corrected chi connectivity index (χ0v) is 9.95. The molecule has 5 heteroatoms. The smallest absolute Gasteiger partial charge is 0.243 e. The molecule has 0 unspecified atom stereocenters. The fourth-order valence-corrected chi connectivity index (χ4v) is 1.49. The minimum absolute atomic E-state index is 0.621. The fourth-order valence-electron chi connectivity index (χ4n) is 1.16. The first-order chi connectivity index (χ1) is 7.15. The van der Waals surface area contributed by atoms with Gasteiger partial charge in [0.25, 0.3) is 0 Å². The summed E-state index contributed by atoms with van der Waals surface area (Å²) in [6, 6.07) is 3.84. The molecule has 2 aromatic rings. The standard InChI is InChI=1S/C10H11BrN4/c1-7(2)5-12-10-13-9-4-3-8(11)6-15(9)14-10/h3-4,6H,1,5H2,2H3,(H,12,14). The number of pyridine rings is 1. The van der Waals surface area contributed by atoms with Crippen molar-refractivity contribution < 1.29 is 0 Å². The molecule has 0 spiro atoms. The maximum atomic E-state index is 4.30. The van der Waals surface area contributed by atoms with Gasteiger partial charge in [0.05, 0.1) is 0 Å². The van der Waals surface area contributed by atoms with Crippen molar-refractivity contribution in [2.45, 2.75) is 6.92 Å². The van der Waals surface area contributed by atoms with E-state index in [-0.39, 0.29) is 0 Å². The minimum atomic E-state index is 0.621. The quantitative estimate of drug-likeness (QED) is 0.869. The third-order valence-corrected chi connectivity index (χ3v) is 2.31. The topological polar surface area (TPSA) is 42.2 Å². The Bertz CT molecular complexity index is 503. The van der Waals surface area contributed by atoms with Gasteiger partial charge in [-0.05, 0) is 35.0 Å². The van der Waals surface area contributed by atoms with Crippen LogP contribution in [0.5, 0.6) is 0 Å². The molecule has 0 aliphatic heterocycles. The van der Waals surface area contributed by atoms with E-state index in [1.807, 2.05) is 25.3 Å². The molecule has 0 amide bonds. The van der Waals surface area contributed by atoms with E-state index in [0.717, 1.165) is 15.7 Å². The maximum Gasteiger partial charge on any atom is 0.243 e. The van der Waals surface area contributed by atoms with Gasteiger partial charge in [0.1, 0.15) is 0 Å². The Morgan fingerprint density at radius 2 is 2.40 bits per heavy atom. The van der Waals surface area contributed by atoms with Crippen molar-refractivity contribution in [1.29, 1.82) is 0 Å². The molecule has 1 N–H and O–H groups in total. The van der Waals surface area contributed by atoms with Crippen molar-refractivity contribution in [3.63, 3.8) is 0 Å². The van der Waals surface area contributed by atoms with Crippen molar-refractivity contribution in [3.8, 4) is 0 Å². The molecule has 2 aromatic heterocycles. The lowest BCUT2D eigenvalue weighted by Gasteiger charge is -1.98. The Hall–Kier alpha value is -1.36. The van der Waals surface area contributed by atoms with E-state index in [1.165, 1.54) is 0 Å². The van der Waals surface area contributed by atoms with Gasteiger partial charge < -0.3 is 5.32 Å². The van der Waals surface area contributed by atoms with Gasteiger partial charge in [0.2, 0.25) is 5.95 Å². The SMILES string of the molecule is C=C(C)CNc1nc2ccc(Br)cn2n1. The van der Waals surface area contributed by atoms with Gasteiger partial charge in [0, 0.05) is 17.2 Å². The fraction of sp³-hybridized carbons (Fsp3) is 0.200. The molecule has 0 aliphatic carbocycles. The van der Waals surface area contributed by atoms with Gasteiger partial charge in [-0.1, -0.05) is 12.2 Å². The van der Waals surface area contributed by atoms with Crippen molar-refractivity contribution in [2.75, 3.05) is 11.9 Å². The number of nitrogens with zero attached hydrogens (tertiary/aromatic N) is 3. The van der Waals surface area contributed by atoms with Crippen LogP contribution in [0.25, 0.3) is 5.65 Å². The number of hydrogen-bond donors (Lipinski definition) is 1. The average molecular weight is 267 g/mol. The number of halogens is 1. The molecule has 15 heavy (non-hydrogen) atoms. The maximum absolute atomic E-state index is 4.30. The molecule has 0 atom stereocenters. The molecule has 0 radical (unpaired) electrons. The van der Waals surface area contributed by atoms with Gasteiger partial charge in [-0.25, -0.2) is 4.52 Å². The molecule has 0 aliphatic rings. The first-order valence-electron chi connectivity index (χ1n) is 4.55. The van der Waals surface area contributed by atoms with E-state index in [4.69, 9.17) is 0 Å². The van der Waals surface area contributed by atoms with Crippen LogP contribution in [0.15, 0.2) is 35.0 Å². The van der Waals surface area contributed by atoms with E-state index in [9.17, 15) is 0 Å². The predicted octanol–water partition coefficient (Wildman–Crippen LogP) is 2.48. The third-order valence-electron chi connectivity index (χ3n) is 1.84. The monoisotopic (exact) mass is 266 g/mol. The van der Waals surface area contributed by atoms with Crippen LogP contribution in [0.3, 0.4) is 0 Å². The van der Waals surface area contributed by atoms with Crippen LogP contribution in [-0.4, -0.2) is 21.1 Å². The van der Waals surface area contributed by atoms with Crippen LogP contribution in [0.2, 0.25) is 0 Å². The number of hydrogen-bond acceptors (Lipinski definition) is 3. The lowest BCUT2D eigenvalue weighted by Crippen LogP contribution is -2.03. The molecule has 4 nitrogen and oxygen atoms in total. The van der Waals surface area contributed by atoms with Crippen LogP contribution < -0.4 is 5.32 Å². The number of fused-ring (bicyclic) bond motifs is 1. The summed E-state index contributed by atoms with van der Waals surface area (Å²) in [5.74, 6) is 0.621. The molecule has 0 fully saturated rings. The Kier molecular flexibility index (Phi) is 2.73. The number of aromatic nitrogens is 3. The van der Waals surface area contributed by atoms with E-state index < -0.39 is 0 Å². The summed E-state index contributed by atoms with van der Waals surface area (Å²) in [4.78, 5) is 4.30. The molecular weight excluding hydrogens is 256 g/mol. The highest BCUT2D eigenvalue weighted by Gasteiger charge is 2.02. The van der Waals surface area contributed by atoms with Gasteiger partial charge in [-0.3, -0.25) is 0 Å². The summed E-state index contributed by atoms with van der Waals surface area (Å²) in [5, 5.41) is 7.36. The van der Waals surface area contributed by atoms with Gasteiger partial charge in [-0.15, -0.1) is 5.10 Å². The molecule has 78 valence electrons. The van der Waals surface area contributed by atoms with Crippen LogP contribution in [0.4, 0.5) is 5.95 Å². The second kappa shape index (κ2) is 4.02. The Balaban J connectivity index is 2.27. The van der Waals surface area contributed by atoms with Crippen LogP contribution in [-0.2, 0) is 0 Å². The van der Waals surface area contributed by atoms with E-state index in [2.05, 4.69) is 37.9 Å². The second-order valence-electron chi connectivity index (χ2n) is 3.40. The number of rotatable bonds is 3. The largest absolute Gasteiger partial charge is 0.349 e. The van der Waals surface area contributed by atoms with Crippen LogP contribution in [0, 0.1) is 0 Å². The zero-order valence-electron chi connectivity index (χ0n) is 8.37.